The molecule has 1 amide bonds. The second-order valence-corrected chi connectivity index (χ2v) is 9.38. The lowest BCUT2D eigenvalue weighted by Crippen LogP contribution is -2.58. The van der Waals surface area contributed by atoms with Crippen LogP contribution in [0.4, 0.5) is 4.39 Å². The average Bonchev–Trinajstić information content (AvgIpc) is 2.43. The maximum atomic E-state index is 12.9. The summed E-state index contributed by atoms with van der Waals surface area (Å²) < 4.78 is 13.1. The molecule has 0 heterocycles. The second-order valence-electron chi connectivity index (χ2n) is 7.70. The Morgan fingerprint density at radius 3 is 2.41 bits per heavy atom. The Morgan fingerprint density at radius 2 is 1.82 bits per heavy atom. The summed E-state index contributed by atoms with van der Waals surface area (Å²) in [5, 5.41) is 3.11. The van der Waals surface area contributed by atoms with Gasteiger partial charge in [0.05, 0.1) is 5.41 Å². The maximum absolute atomic E-state index is 12.9. The van der Waals surface area contributed by atoms with Crippen LogP contribution in [0.2, 0.25) is 0 Å². The van der Waals surface area contributed by atoms with Crippen LogP contribution in [0, 0.1) is 23.1 Å². The Labute approximate surface area is 139 Å². The Balaban J connectivity index is 1.47. The van der Waals surface area contributed by atoms with Crippen LogP contribution in [0.15, 0.2) is 24.3 Å². The van der Waals surface area contributed by atoms with Crippen molar-refractivity contribution < 1.29 is 9.18 Å². The molecule has 0 spiro atoms. The van der Waals surface area contributed by atoms with Crippen molar-refractivity contribution in [1.29, 1.82) is 0 Å². The van der Waals surface area contributed by atoms with Crippen molar-refractivity contribution in [1.82, 2.24) is 5.32 Å². The molecule has 0 saturated heterocycles. The highest BCUT2D eigenvalue weighted by Gasteiger charge is 2.59. The minimum atomic E-state index is -0.239. The van der Waals surface area contributed by atoms with Crippen molar-refractivity contribution >= 4 is 21.8 Å². The predicted octanol–water partition coefficient (Wildman–Crippen LogP) is 4.18. The Morgan fingerprint density at radius 1 is 1.18 bits per heavy atom. The molecule has 4 atom stereocenters. The number of hydrogen-bond acceptors (Lipinski definition) is 1. The molecule has 118 valence electrons. The van der Waals surface area contributed by atoms with Gasteiger partial charge in [0.15, 0.2) is 0 Å². The van der Waals surface area contributed by atoms with Crippen molar-refractivity contribution in [3.8, 4) is 0 Å². The third-order valence-corrected chi connectivity index (χ3v) is 6.77. The number of benzene rings is 1. The molecule has 4 saturated carbocycles. The zero-order valence-electron chi connectivity index (χ0n) is 12.6. The lowest BCUT2D eigenvalue weighted by molar-refractivity contribution is -0.144. The quantitative estimate of drug-likeness (QED) is 0.800. The Bertz CT molecular complexity index is 586. The summed E-state index contributed by atoms with van der Waals surface area (Å²) in [5.41, 5.74) is 0.779. The molecule has 22 heavy (non-hydrogen) atoms. The molecule has 4 aliphatic rings. The van der Waals surface area contributed by atoms with Crippen molar-refractivity contribution in [3.05, 3.63) is 35.6 Å². The molecule has 4 fully saturated rings. The van der Waals surface area contributed by atoms with Gasteiger partial charge in [-0.05, 0) is 68.1 Å². The largest absolute Gasteiger partial charge is 0.352 e. The number of carbonyl (C=O) groups excluding carboxylic acids is 1. The van der Waals surface area contributed by atoms with E-state index in [1.165, 1.54) is 31.4 Å². The second kappa shape index (κ2) is 5.05. The molecule has 1 aromatic rings. The van der Waals surface area contributed by atoms with Gasteiger partial charge in [0, 0.05) is 10.9 Å². The van der Waals surface area contributed by atoms with E-state index in [2.05, 4.69) is 21.2 Å². The molecule has 0 aromatic heterocycles. The first-order chi connectivity index (χ1) is 10.5. The van der Waals surface area contributed by atoms with E-state index in [4.69, 9.17) is 0 Å². The average molecular weight is 366 g/mol. The van der Waals surface area contributed by atoms with Crippen LogP contribution in [-0.4, -0.2) is 10.2 Å². The number of nitrogens with one attached hydrogen (secondary N) is 1. The molecule has 0 aliphatic heterocycles. The van der Waals surface area contributed by atoms with Crippen LogP contribution >= 0.6 is 15.9 Å². The Kier molecular flexibility index (Phi) is 3.37. The molecule has 4 heteroatoms. The summed E-state index contributed by atoms with van der Waals surface area (Å²) in [6.07, 6.45) is 6.84. The van der Waals surface area contributed by atoms with E-state index >= 15 is 0 Å². The monoisotopic (exact) mass is 365 g/mol. The molecule has 4 bridgehead atoms. The summed E-state index contributed by atoms with van der Waals surface area (Å²) in [7, 11) is 0. The minimum Gasteiger partial charge on any atom is -0.352 e. The zero-order valence-corrected chi connectivity index (χ0v) is 14.2. The number of hydrogen-bond donors (Lipinski definition) is 1. The smallest absolute Gasteiger partial charge is 0.226 e. The summed E-state index contributed by atoms with van der Waals surface area (Å²) >= 11 is 3.94. The fourth-order valence-corrected chi connectivity index (χ4v) is 6.84. The molecule has 1 N–H and O–H groups in total. The number of alkyl halides is 1. The highest BCUT2D eigenvalue weighted by atomic mass is 79.9. The molecular formula is C18H21BrFNO. The van der Waals surface area contributed by atoms with Crippen LogP contribution in [0.5, 0.6) is 0 Å². The van der Waals surface area contributed by atoms with E-state index in [1.807, 2.05) is 0 Å². The molecule has 4 aliphatic carbocycles. The van der Waals surface area contributed by atoms with Crippen molar-refractivity contribution in [3.63, 3.8) is 0 Å². The topological polar surface area (TPSA) is 29.1 Å². The third-order valence-electron chi connectivity index (χ3n) is 5.84. The van der Waals surface area contributed by atoms with E-state index in [-0.39, 0.29) is 21.5 Å². The van der Waals surface area contributed by atoms with Gasteiger partial charge in [0.1, 0.15) is 5.82 Å². The normalized spacial score (nSPS) is 39.0. The van der Waals surface area contributed by atoms with Gasteiger partial charge in [-0.15, -0.1) is 0 Å². The minimum absolute atomic E-state index is 0.173. The fraction of sp³-hybridized carbons (Fsp3) is 0.611. The van der Waals surface area contributed by atoms with Crippen LogP contribution < -0.4 is 5.32 Å². The van der Waals surface area contributed by atoms with Crippen molar-refractivity contribution in [2.75, 3.05) is 0 Å². The number of halogens is 2. The van der Waals surface area contributed by atoms with Crippen LogP contribution in [0.3, 0.4) is 0 Å². The van der Waals surface area contributed by atoms with Crippen LogP contribution in [-0.2, 0) is 11.3 Å². The first kappa shape index (κ1) is 14.7. The SMILES string of the molecule is O=C(NCc1ccc(F)cc1)C12C[C@@H]3C[C@@H](CC(Br)(C3)C1)C2. The van der Waals surface area contributed by atoms with Gasteiger partial charge in [-0.25, -0.2) is 4.39 Å². The highest BCUT2D eigenvalue weighted by Crippen LogP contribution is 2.64. The summed E-state index contributed by atoms with van der Waals surface area (Å²) in [5.74, 6) is 1.38. The number of rotatable bonds is 3. The van der Waals surface area contributed by atoms with E-state index in [9.17, 15) is 9.18 Å². The van der Waals surface area contributed by atoms with Crippen LogP contribution in [0.1, 0.15) is 44.1 Å². The van der Waals surface area contributed by atoms with E-state index in [0.717, 1.165) is 24.8 Å². The third kappa shape index (κ3) is 2.49. The van der Waals surface area contributed by atoms with Gasteiger partial charge in [-0.2, -0.15) is 0 Å². The number of carbonyl (C=O) groups is 1. The summed E-state index contributed by atoms with van der Waals surface area (Å²) in [6, 6.07) is 6.36. The van der Waals surface area contributed by atoms with Gasteiger partial charge in [-0.3, -0.25) is 4.79 Å². The summed E-state index contributed by atoms with van der Waals surface area (Å²) in [4.78, 5) is 12.9. The molecule has 1 aromatic carbocycles. The summed E-state index contributed by atoms with van der Waals surface area (Å²) in [6.45, 7) is 0.492. The molecule has 0 radical (unpaired) electrons. The lowest BCUT2D eigenvalue weighted by Gasteiger charge is -2.59. The lowest BCUT2D eigenvalue weighted by atomic mass is 9.49. The first-order valence-electron chi connectivity index (χ1n) is 8.18. The van der Waals surface area contributed by atoms with Gasteiger partial charge in [-0.1, -0.05) is 28.1 Å². The molecule has 2 nitrogen and oxygen atoms in total. The molecule has 2 unspecified atom stereocenters. The standard InChI is InChI=1S/C18H21BrFNO/c19-18-8-13-5-14(9-18)7-17(6-13,11-18)16(22)21-10-12-1-3-15(20)4-2-12/h1-4,13-14H,5-11H2,(H,21,22)/t13-,14+,17?,18?. The van der Waals surface area contributed by atoms with Crippen molar-refractivity contribution in [2.24, 2.45) is 17.3 Å². The van der Waals surface area contributed by atoms with Gasteiger partial charge in [0.2, 0.25) is 5.91 Å². The Hall–Kier alpha value is -0.900. The number of amides is 1. The van der Waals surface area contributed by atoms with E-state index in [1.54, 1.807) is 12.1 Å². The first-order valence-corrected chi connectivity index (χ1v) is 8.97. The maximum Gasteiger partial charge on any atom is 0.226 e. The van der Waals surface area contributed by atoms with Gasteiger partial charge < -0.3 is 5.32 Å². The van der Waals surface area contributed by atoms with E-state index < -0.39 is 0 Å². The fourth-order valence-electron chi connectivity index (χ4n) is 5.39. The van der Waals surface area contributed by atoms with Gasteiger partial charge >= 0.3 is 0 Å². The molecular weight excluding hydrogens is 345 g/mol. The zero-order chi connectivity index (χ0) is 15.4. The van der Waals surface area contributed by atoms with Crippen molar-refractivity contribution in [2.45, 2.75) is 49.4 Å². The van der Waals surface area contributed by atoms with Gasteiger partial charge in [0.25, 0.3) is 0 Å². The predicted molar refractivity (Wildman–Crippen MR) is 87.0 cm³/mol. The van der Waals surface area contributed by atoms with E-state index in [0.29, 0.717) is 18.4 Å². The highest BCUT2D eigenvalue weighted by molar-refractivity contribution is 9.10. The van der Waals surface area contributed by atoms with Crippen LogP contribution in [0.25, 0.3) is 0 Å². The molecule has 5 rings (SSSR count).